The first kappa shape index (κ1) is 15.9. The van der Waals surface area contributed by atoms with Crippen LogP contribution in [0.4, 0.5) is 0 Å². The Morgan fingerprint density at radius 1 is 1.43 bits per heavy atom. The largest absolute Gasteiger partial charge is 0.383 e. The van der Waals surface area contributed by atoms with Gasteiger partial charge in [0, 0.05) is 19.6 Å². The molecule has 2 N–H and O–H groups in total. The summed E-state index contributed by atoms with van der Waals surface area (Å²) in [4.78, 5) is 12.5. The summed E-state index contributed by atoms with van der Waals surface area (Å²) in [5.41, 5.74) is 7.60. The third kappa shape index (κ3) is 4.00. The van der Waals surface area contributed by atoms with Crippen LogP contribution >= 0.6 is 15.9 Å². The van der Waals surface area contributed by atoms with Gasteiger partial charge in [0.1, 0.15) is 5.69 Å². The minimum absolute atomic E-state index is 0.0353. The van der Waals surface area contributed by atoms with Crippen molar-refractivity contribution in [3.05, 3.63) is 52.3 Å². The Balaban J connectivity index is 2.11. The summed E-state index contributed by atoms with van der Waals surface area (Å²) in [5.74, 6) is -0.0353. The van der Waals surface area contributed by atoms with Crippen LogP contribution in [-0.2, 0) is 11.3 Å². The van der Waals surface area contributed by atoms with E-state index >= 15 is 0 Å². The number of carbonyl (C=O) groups is 1. The van der Waals surface area contributed by atoms with Crippen LogP contribution in [0.2, 0.25) is 0 Å². The number of methoxy groups -OCH3 is 1. The molecule has 0 spiro atoms. The number of rotatable bonds is 7. The fourth-order valence-electron chi connectivity index (χ4n) is 2.10. The molecule has 0 saturated carbocycles. The van der Waals surface area contributed by atoms with Crippen LogP contribution in [0.15, 0.2) is 41.0 Å². The number of aromatic nitrogens is 2. The van der Waals surface area contributed by atoms with Crippen LogP contribution in [0.25, 0.3) is 0 Å². The van der Waals surface area contributed by atoms with Gasteiger partial charge in [-0.1, -0.05) is 30.3 Å². The number of benzene rings is 1. The van der Waals surface area contributed by atoms with Gasteiger partial charge in [0.2, 0.25) is 0 Å². The zero-order chi connectivity index (χ0) is 15.2. The molecule has 1 heterocycles. The van der Waals surface area contributed by atoms with E-state index in [-0.39, 0.29) is 18.2 Å². The average Bonchev–Trinajstić information content (AvgIpc) is 2.87. The number of hydrogen-bond acceptors (Lipinski definition) is 4. The van der Waals surface area contributed by atoms with Gasteiger partial charge in [-0.25, -0.2) is 0 Å². The van der Waals surface area contributed by atoms with Crippen LogP contribution in [0.3, 0.4) is 0 Å². The molecule has 112 valence electrons. The molecule has 2 rings (SSSR count). The summed E-state index contributed by atoms with van der Waals surface area (Å²) in [6.45, 7) is 1.03. The van der Waals surface area contributed by atoms with Crippen molar-refractivity contribution in [2.24, 2.45) is 5.73 Å². The average molecular weight is 352 g/mol. The lowest BCUT2D eigenvalue weighted by Crippen LogP contribution is -2.19. The SMILES string of the molecule is COCCn1ncc(Br)c1C(=O)CC(N)c1ccccc1. The van der Waals surface area contributed by atoms with Crippen molar-refractivity contribution in [3.8, 4) is 0 Å². The van der Waals surface area contributed by atoms with Gasteiger partial charge >= 0.3 is 0 Å². The van der Waals surface area contributed by atoms with E-state index in [2.05, 4.69) is 21.0 Å². The van der Waals surface area contributed by atoms with Gasteiger partial charge in [-0.3, -0.25) is 9.48 Å². The standard InChI is InChI=1S/C15H18BrN3O2/c1-21-8-7-19-15(12(16)10-18-19)14(20)9-13(17)11-5-3-2-4-6-11/h2-6,10,13H,7-9,17H2,1H3. The molecule has 0 radical (unpaired) electrons. The molecule has 0 aliphatic rings. The van der Waals surface area contributed by atoms with Crippen molar-refractivity contribution in [1.29, 1.82) is 0 Å². The molecule has 1 unspecified atom stereocenters. The van der Waals surface area contributed by atoms with Gasteiger partial charge in [-0.05, 0) is 21.5 Å². The quantitative estimate of drug-likeness (QED) is 0.778. The van der Waals surface area contributed by atoms with E-state index in [1.54, 1.807) is 18.0 Å². The third-order valence-electron chi connectivity index (χ3n) is 3.20. The Morgan fingerprint density at radius 2 is 2.14 bits per heavy atom. The molecule has 1 aromatic heterocycles. The Hall–Kier alpha value is -1.50. The molecule has 0 amide bonds. The smallest absolute Gasteiger partial charge is 0.183 e. The number of ketones is 1. The number of Topliss-reactive ketones (excluding diaryl/α,β-unsaturated/α-hetero) is 1. The van der Waals surface area contributed by atoms with E-state index < -0.39 is 0 Å². The van der Waals surface area contributed by atoms with Crippen LogP contribution in [0, 0.1) is 0 Å². The number of nitrogens with two attached hydrogens (primary N) is 1. The van der Waals surface area contributed by atoms with E-state index in [1.807, 2.05) is 30.3 Å². The number of carbonyl (C=O) groups excluding carboxylic acids is 1. The lowest BCUT2D eigenvalue weighted by Gasteiger charge is -2.12. The topological polar surface area (TPSA) is 70.1 Å². The summed E-state index contributed by atoms with van der Waals surface area (Å²) in [7, 11) is 1.62. The maximum absolute atomic E-state index is 12.5. The molecule has 21 heavy (non-hydrogen) atoms. The molecule has 0 aliphatic heterocycles. The normalized spacial score (nSPS) is 12.3. The maximum atomic E-state index is 12.5. The van der Waals surface area contributed by atoms with Gasteiger partial charge in [-0.2, -0.15) is 5.10 Å². The van der Waals surface area contributed by atoms with Crippen molar-refractivity contribution >= 4 is 21.7 Å². The minimum Gasteiger partial charge on any atom is -0.383 e. The van der Waals surface area contributed by atoms with Crippen molar-refractivity contribution in [2.45, 2.75) is 19.0 Å². The number of nitrogens with zero attached hydrogens (tertiary/aromatic N) is 2. The molecule has 0 aliphatic carbocycles. The summed E-state index contributed by atoms with van der Waals surface area (Å²) < 4.78 is 7.36. The van der Waals surface area contributed by atoms with Crippen molar-refractivity contribution < 1.29 is 9.53 Å². The molecular weight excluding hydrogens is 334 g/mol. The van der Waals surface area contributed by atoms with Gasteiger partial charge in [0.15, 0.2) is 5.78 Å². The molecule has 1 atom stereocenters. The summed E-state index contributed by atoms with van der Waals surface area (Å²) in [6.07, 6.45) is 1.86. The van der Waals surface area contributed by atoms with Crippen LogP contribution in [0.5, 0.6) is 0 Å². The first-order valence-corrected chi connectivity index (χ1v) is 7.46. The lowest BCUT2D eigenvalue weighted by molar-refractivity contribution is 0.0959. The van der Waals surface area contributed by atoms with Gasteiger partial charge < -0.3 is 10.5 Å². The highest BCUT2D eigenvalue weighted by molar-refractivity contribution is 9.10. The highest BCUT2D eigenvalue weighted by atomic mass is 79.9. The Morgan fingerprint density at radius 3 is 2.81 bits per heavy atom. The van der Waals surface area contributed by atoms with E-state index in [1.165, 1.54) is 0 Å². The second-order valence-corrected chi connectivity index (χ2v) is 5.56. The Labute approximate surface area is 132 Å². The summed E-state index contributed by atoms with van der Waals surface area (Å²) >= 11 is 3.37. The highest BCUT2D eigenvalue weighted by Gasteiger charge is 2.20. The van der Waals surface area contributed by atoms with Gasteiger partial charge in [-0.15, -0.1) is 0 Å². The lowest BCUT2D eigenvalue weighted by atomic mass is 10.0. The maximum Gasteiger partial charge on any atom is 0.183 e. The van der Waals surface area contributed by atoms with Gasteiger partial charge in [0.05, 0.1) is 23.8 Å². The fraction of sp³-hybridized carbons (Fsp3) is 0.333. The van der Waals surface area contributed by atoms with E-state index in [4.69, 9.17) is 10.5 Å². The highest BCUT2D eigenvalue weighted by Crippen LogP contribution is 2.22. The molecular formula is C15H18BrN3O2. The predicted octanol–water partition coefficient (Wildman–Crippen LogP) is 2.56. The van der Waals surface area contributed by atoms with Crippen LogP contribution in [0.1, 0.15) is 28.5 Å². The molecule has 0 bridgehead atoms. The van der Waals surface area contributed by atoms with E-state index in [9.17, 15) is 4.79 Å². The molecule has 6 heteroatoms. The van der Waals surface area contributed by atoms with E-state index in [0.29, 0.717) is 23.3 Å². The van der Waals surface area contributed by atoms with Crippen LogP contribution < -0.4 is 5.73 Å². The Kier molecular flexibility index (Phi) is 5.67. The third-order valence-corrected chi connectivity index (χ3v) is 3.78. The van der Waals surface area contributed by atoms with Crippen molar-refractivity contribution in [1.82, 2.24) is 9.78 Å². The predicted molar refractivity (Wildman–Crippen MR) is 84.1 cm³/mol. The number of halogens is 1. The first-order chi connectivity index (χ1) is 10.1. The summed E-state index contributed by atoms with van der Waals surface area (Å²) in [5, 5.41) is 4.18. The summed E-state index contributed by atoms with van der Waals surface area (Å²) in [6, 6.07) is 9.28. The zero-order valence-electron chi connectivity index (χ0n) is 11.8. The first-order valence-electron chi connectivity index (χ1n) is 6.67. The number of ether oxygens (including phenoxy) is 1. The second kappa shape index (κ2) is 7.49. The minimum atomic E-state index is -0.323. The molecule has 2 aromatic rings. The molecule has 0 saturated heterocycles. The van der Waals surface area contributed by atoms with Gasteiger partial charge in [0.25, 0.3) is 0 Å². The van der Waals surface area contributed by atoms with Crippen molar-refractivity contribution in [3.63, 3.8) is 0 Å². The zero-order valence-corrected chi connectivity index (χ0v) is 13.4. The van der Waals surface area contributed by atoms with Crippen LogP contribution in [-0.4, -0.2) is 29.3 Å². The second-order valence-electron chi connectivity index (χ2n) is 4.70. The van der Waals surface area contributed by atoms with E-state index in [0.717, 1.165) is 5.56 Å². The molecule has 5 nitrogen and oxygen atoms in total. The van der Waals surface area contributed by atoms with Crippen molar-refractivity contribution in [2.75, 3.05) is 13.7 Å². The Bertz CT molecular complexity index is 598. The molecule has 0 fully saturated rings. The molecule has 1 aromatic carbocycles. The monoisotopic (exact) mass is 351 g/mol. The fourth-order valence-corrected chi connectivity index (χ4v) is 2.62. The number of hydrogen-bond donors (Lipinski definition) is 1.